The second-order valence-corrected chi connectivity index (χ2v) is 9.78. The number of hydrogen-bond acceptors (Lipinski definition) is 9. The molecule has 0 atom stereocenters. The highest BCUT2D eigenvalue weighted by Crippen LogP contribution is 2.44. The molecule has 0 aliphatic carbocycles. The first-order valence-corrected chi connectivity index (χ1v) is 13.6. The van der Waals surface area contributed by atoms with Crippen molar-refractivity contribution in [3.63, 3.8) is 0 Å². The summed E-state index contributed by atoms with van der Waals surface area (Å²) in [5.74, 6) is 0.781. The highest BCUT2D eigenvalue weighted by atomic mass is 16.5. The molecule has 0 radical (unpaired) electrons. The quantitative estimate of drug-likeness (QED) is 0.167. The normalized spacial score (nSPS) is 10.8. The minimum atomic E-state index is -0.731. The largest absolute Gasteiger partial charge is 0.493 e. The molecule has 1 aromatic heterocycles. The zero-order chi connectivity index (χ0) is 31.4. The van der Waals surface area contributed by atoms with Crippen LogP contribution in [-0.2, 0) is 18.0 Å². The second-order valence-electron chi connectivity index (χ2n) is 9.78. The van der Waals surface area contributed by atoms with Crippen LogP contribution in [0.3, 0.4) is 0 Å². The van der Waals surface area contributed by atoms with E-state index in [4.69, 9.17) is 29.4 Å². The lowest BCUT2D eigenvalue weighted by Crippen LogP contribution is -2.27. The maximum Gasteiger partial charge on any atom is 0.355 e. The first-order valence-electron chi connectivity index (χ1n) is 13.6. The third-order valence-corrected chi connectivity index (χ3v) is 7.32. The second kappa shape index (κ2) is 12.8. The molecular weight excluding hydrogens is 564 g/mol. The number of hydrogen-bond donors (Lipinski definition) is 2. The van der Waals surface area contributed by atoms with E-state index in [0.29, 0.717) is 50.9 Å². The lowest BCUT2D eigenvalue weighted by molar-refractivity contribution is 0.0591. The van der Waals surface area contributed by atoms with E-state index in [1.807, 2.05) is 24.3 Å². The average molecular weight is 597 g/mol. The van der Waals surface area contributed by atoms with Crippen LogP contribution in [0.25, 0.3) is 27.6 Å². The Kier molecular flexibility index (Phi) is 8.73. The van der Waals surface area contributed by atoms with Crippen molar-refractivity contribution in [2.45, 2.75) is 13.2 Å². The molecule has 0 unspecified atom stereocenters. The number of carbonyl (C=O) groups is 1. The van der Waals surface area contributed by atoms with Crippen LogP contribution in [0.1, 0.15) is 21.6 Å². The Bertz CT molecular complexity index is 1870. The summed E-state index contributed by atoms with van der Waals surface area (Å²) in [6.45, 7) is 0.0480. The van der Waals surface area contributed by atoms with Crippen LogP contribution in [-0.4, -0.2) is 44.1 Å². The number of fused-ring (bicyclic) bond motifs is 1. The van der Waals surface area contributed by atoms with Crippen molar-refractivity contribution in [3.05, 3.63) is 106 Å². The third kappa shape index (κ3) is 5.50. The van der Waals surface area contributed by atoms with Crippen LogP contribution in [0.4, 0.5) is 5.69 Å². The van der Waals surface area contributed by atoms with Crippen LogP contribution >= 0.6 is 0 Å². The molecule has 0 aliphatic heterocycles. The molecule has 0 fully saturated rings. The van der Waals surface area contributed by atoms with Gasteiger partial charge in [-0.25, -0.2) is 4.79 Å². The minimum Gasteiger partial charge on any atom is -0.493 e. The van der Waals surface area contributed by atoms with Crippen molar-refractivity contribution >= 4 is 22.4 Å². The summed E-state index contributed by atoms with van der Waals surface area (Å²) in [6, 6.07) is 22.5. The number of aromatic nitrogens is 1. The highest BCUT2D eigenvalue weighted by Gasteiger charge is 2.27. The monoisotopic (exact) mass is 596 g/mol. The van der Waals surface area contributed by atoms with Gasteiger partial charge in [0.05, 0.1) is 40.4 Å². The fourth-order valence-corrected chi connectivity index (χ4v) is 5.16. The van der Waals surface area contributed by atoms with E-state index in [1.54, 1.807) is 54.6 Å². The number of pyridine rings is 1. The summed E-state index contributed by atoms with van der Waals surface area (Å²) in [4.78, 5) is 27.8. The number of rotatable bonds is 10. The van der Waals surface area contributed by atoms with E-state index in [0.717, 1.165) is 11.1 Å². The number of esters is 1. The number of nitrogens with zero attached hydrogens (tertiary/aromatic N) is 1. The molecule has 0 saturated carbocycles. The smallest absolute Gasteiger partial charge is 0.355 e. The molecule has 3 N–H and O–H groups in total. The van der Waals surface area contributed by atoms with Crippen molar-refractivity contribution in [2.24, 2.45) is 0 Å². The van der Waals surface area contributed by atoms with E-state index in [-0.39, 0.29) is 24.3 Å². The Morgan fingerprint density at radius 3 is 2.07 bits per heavy atom. The number of ether oxygens (including phenoxy) is 5. The number of aliphatic hydroxyl groups is 1. The van der Waals surface area contributed by atoms with Gasteiger partial charge in [0.1, 0.15) is 18.1 Å². The van der Waals surface area contributed by atoms with Gasteiger partial charge in [0.25, 0.3) is 5.56 Å². The predicted molar refractivity (Wildman–Crippen MR) is 167 cm³/mol. The first kappa shape index (κ1) is 30.0. The van der Waals surface area contributed by atoms with Crippen molar-refractivity contribution < 1.29 is 33.6 Å². The van der Waals surface area contributed by atoms with Gasteiger partial charge in [0.2, 0.25) is 5.75 Å². The molecule has 0 aliphatic rings. The Morgan fingerprint density at radius 1 is 0.818 bits per heavy atom. The van der Waals surface area contributed by atoms with Crippen molar-refractivity contribution in [3.8, 4) is 39.8 Å². The number of nitrogens with two attached hydrogens (primary N) is 1. The van der Waals surface area contributed by atoms with E-state index in [2.05, 4.69) is 0 Å². The number of carbonyl (C=O) groups excluding carboxylic acids is 1. The van der Waals surface area contributed by atoms with Crippen LogP contribution in [0.5, 0.6) is 23.0 Å². The molecule has 0 bridgehead atoms. The van der Waals surface area contributed by atoms with Gasteiger partial charge >= 0.3 is 5.97 Å². The van der Waals surface area contributed by atoms with Crippen LogP contribution < -0.4 is 30.2 Å². The van der Waals surface area contributed by atoms with Gasteiger partial charge in [0.15, 0.2) is 11.5 Å². The molecule has 1 heterocycles. The number of nitrogen functional groups attached to an aromatic ring is 1. The maximum absolute atomic E-state index is 14.3. The van der Waals surface area contributed by atoms with E-state index >= 15 is 0 Å². The average Bonchev–Trinajstić information content (AvgIpc) is 3.06. The molecule has 226 valence electrons. The number of anilines is 1. The van der Waals surface area contributed by atoms with Crippen molar-refractivity contribution in [1.82, 2.24) is 4.57 Å². The summed E-state index contributed by atoms with van der Waals surface area (Å²) in [7, 11) is 5.74. The summed E-state index contributed by atoms with van der Waals surface area (Å²) in [6.07, 6.45) is 0. The van der Waals surface area contributed by atoms with Gasteiger partial charge in [-0.3, -0.25) is 9.36 Å². The SMILES string of the molecule is COC(=O)c1c(-c2cc(OC)c(OC)c(OC)c2)c2ccc(OCc3ccccc3CO)cc2c(=O)n1-c1ccc(N)cc1. The lowest BCUT2D eigenvalue weighted by atomic mass is 9.95. The fraction of sp³-hybridized carbons (Fsp3) is 0.176. The van der Waals surface area contributed by atoms with Gasteiger partial charge in [-0.05, 0) is 76.7 Å². The third-order valence-electron chi connectivity index (χ3n) is 7.32. The summed E-state index contributed by atoms with van der Waals surface area (Å²) in [5, 5.41) is 10.5. The molecule has 0 spiro atoms. The molecule has 4 aromatic carbocycles. The van der Waals surface area contributed by atoms with Gasteiger partial charge in [-0.1, -0.05) is 24.3 Å². The molecule has 0 amide bonds. The number of benzene rings is 4. The summed E-state index contributed by atoms with van der Waals surface area (Å²) >= 11 is 0. The Labute approximate surface area is 253 Å². The standard InChI is InChI=1S/C34H32N2O8/c1-40-28-15-22(16-29(41-2)32(28)42-3)30-26-14-13-25(44-19-21-8-6-5-7-20(21)18-37)17-27(26)33(38)36(31(30)34(39)43-4)24-11-9-23(35)10-12-24/h5-17,37H,18-19,35H2,1-4H3. The van der Waals surface area contributed by atoms with Crippen molar-refractivity contribution in [2.75, 3.05) is 34.2 Å². The first-order chi connectivity index (χ1) is 21.3. The van der Waals surface area contributed by atoms with Gasteiger partial charge in [-0.2, -0.15) is 0 Å². The lowest BCUT2D eigenvalue weighted by Gasteiger charge is -2.21. The van der Waals surface area contributed by atoms with Gasteiger partial charge in [-0.15, -0.1) is 0 Å². The van der Waals surface area contributed by atoms with Gasteiger partial charge < -0.3 is 34.5 Å². The summed E-state index contributed by atoms with van der Waals surface area (Å²) in [5.41, 5.74) is 8.83. The molecule has 5 aromatic rings. The maximum atomic E-state index is 14.3. The fourth-order valence-electron chi connectivity index (χ4n) is 5.16. The van der Waals surface area contributed by atoms with E-state index in [1.165, 1.54) is 33.0 Å². The van der Waals surface area contributed by atoms with E-state index in [9.17, 15) is 14.7 Å². The molecule has 10 heteroatoms. The number of methoxy groups -OCH3 is 4. The zero-order valence-electron chi connectivity index (χ0n) is 24.7. The highest BCUT2D eigenvalue weighted by molar-refractivity contribution is 6.08. The molecule has 0 saturated heterocycles. The minimum absolute atomic E-state index is 0.00501. The van der Waals surface area contributed by atoms with Crippen molar-refractivity contribution in [1.29, 1.82) is 0 Å². The van der Waals surface area contributed by atoms with Crippen LogP contribution in [0.2, 0.25) is 0 Å². The van der Waals surface area contributed by atoms with E-state index < -0.39 is 11.5 Å². The Hall–Kier alpha value is -5.48. The molecule has 10 nitrogen and oxygen atoms in total. The Morgan fingerprint density at radius 2 is 1.48 bits per heavy atom. The molecule has 44 heavy (non-hydrogen) atoms. The summed E-state index contributed by atoms with van der Waals surface area (Å²) < 4.78 is 29.3. The Balaban J connectivity index is 1.82. The molecular formula is C34H32N2O8. The predicted octanol–water partition coefficient (Wildman–Crippen LogP) is 5.12. The van der Waals surface area contributed by atoms with Crippen LogP contribution in [0, 0.1) is 0 Å². The topological polar surface area (TPSA) is 131 Å². The number of aliphatic hydroxyl groups excluding tert-OH is 1. The van der Waals surface area contributed by atoms with Gasteiger partial charge in [0, 0.05) is 16.9 Å². The van der Waals surface area contributed by atoms with Crippen LogP contribution in [0.15, 0.2) is 83.7 Å². The zero-order valence-corrected chi connectivity index (χ0v) is 24.7. The molecule has 5 rings (SSSR count).